The Morgan fingerprint density at radius 3 is 2.48 bits per heavy atom. The zero-order valence-electron chi connectivity index (χ0n) is 12.7. The molecule has 2 N–H and O–H groups in total. The van der Waals surface area contributed by atoms with Crippen molar-refractivity contribution in [2.24, 2.45) is 0 Å². The molecule has 0 unspecified atom stereocenters. The van der Waals surface area contributed by atoms with Crippen LogP contribution in [0.4, 0.5) is 0 Å². The Bertz CT molecular complexity index is 595. The lowest BCUT2D eigenvalue weighted by atomic mass is 9.75. The fraction of sp³-hybridized carbons (Fsp3) is 0.600. The summed E-state index contributed by atoms with van der Waals surface area (Å²) < 4.78 is 26.4. The summed E-state index contributed by atoms with van der Waals surface area (Å²) >= 11 is 3.60. The van der Waals surface area contributed by atoms with Gasteiger partial charge in [-0.15, -0.1) is 0 Å². The zero-order valence-corrected chi connectivity index (χ0v) is 15.1. The Morgan fingerprint density at radius 1 is 1.29 bits per heavy atom. The summed E-state index contributed by atoms with van der Waals surface area (Å²) in [6.07, 6.45) is 3.39. The SMILES string of the molecule is CC(C)(CNC1CC(c2ccccc2Br)C1)NS(C)(=O)=O. The molecule has 1 fully saturated rings. The van der Waals surface area contributed by atoms with Gasteiger partial charge in [0.1, 0.15) is 0 Å². The quantitative estimate of drug-likeness (QED) is 0.804. The van der Waals surface area contributed by atoms with Crippen LogP contribution in [0.15, 0.2) is 28.7 Å². The Balaban J connectivity index is 1.80. The molecule has 0 atom stereocenters. The molecule has 118 valence electrons. The molecule has 1 saturated carbocycles. The molecule has 0 heterocycles. The van der Waals surface area contributed by atoms with Gasteiger partial charge in [-0.05, 0) is 44.2 Å². The van der Waals surface area contributed by atoms with Crippen molar-refractivity contribution in [3.05, 3.63) is 34.3 Å². The predicted octanol–water partition coefficient (Wildman–Crippen LogP) is 2.61. The van der Waals surface area contributed by atoms with E-state index in [2.05, 4.69) is 44.2 Å². The maximum absolute atomic E-state index is 11.3. The van der Waals surface area contributed by atoms with Crippen LogP contribution in [0.1, 0.15) is 38.2 Å². The molecule has 0 aliphatic heterocycles. The fourth-order valence-corrected chi connectivity index (χ4v) is 4.47. The average Bonchev–Trinajstić information content (AvgIpc) is 2.25. The summed E-state index contributed by atoms with van der Waals surface area (Å²) in [6, 6.07) is 8.80. The van der Waals surface area contributed by atoms with E-state index in [9.17, 15) is 8.42 Å². The standard InChI is InChI=1S/C15H23BrN2O2S/c1-15(2,18-21(3,19)20)10-17-12-8-11(9-12)13-6-4-5-7-14(13)16/h4-7,11-12,17-18H,8-10H2,1-3H3. The van der Waals surface area contributed by atoms with Crippen LogP contribution in [-0.4, -0.2) is 32.8 Å². The van der Waals surface area contributed by atoms with Gasteiger partial charge in [0.25, 0.3) is 0 Å². The molecule has 1 aromatic carbocycles. The highest BCUT2D eigenvalue weighted by atomic mass is 79.9. The van der Waals surface area contributed by atoms with Crippen LogP contribution in [0, 0.1) is 0 Å². The van der Waals surface area contributed by atoms with Gasteiger partial charge in [0, 0.05) is 22.6 Å². The minimum Gasteiger partial charge on any atom is -0.312 e. The smallest absolute Gasteiger partial charge is 0.209 e. The van der Waals surface area contributed by atoms with E-state index >= 15 is 0 Å². The molecule has 0 radical (unpaired) electrons. The summed E-state index contributed by atoms with van der Waals surface area (Å²) in [5.74, 6) is 0.587. The summed E-state index contributed by atoms with van der Waals surface area (Å²) in [6.45, 7) is 4.42. The third-order valence-corrected chi connectivity index (χ3v) is 5.42. The zero-order chi connectivity index (χ0) is 15.7. The highest BCUT2D eigenvalue weighted by molar-refractivity contribution is 9.10. The van der Waals surface area contributed by atoms with Crippen molar-refractivity contribution in [3.8, 4) is 0 Å². The van der Waals surface area contributed by atoms with E-state index in [0.29, 0.717) is 18.5 Å². The lowest BCUT2D eigenvalue weighted by Crippen LogP contribution is -2.53. The minimum absolute atomic E-state index is 0.461. The monoisotopic (exact) mass is 374 g/mol. The number of hydrogen-bond donors (Lipinski definition) is 2. The summed E-state index contributed by atoms with van der Waals surface area (Å²) in [4.78, 5) is 0. The van der Waals surface area contributed by atoms with Crippen LogP contribution in [0.25, 0.3) is 0 Å². The molecule has 1 aromatic rings. The highest BCUT2D eigenvalue weighted by Gasteiger charge is 2.32. The van der Waals surface area contributed by atoms with E-state index in [4.69, 9.17) is 0 Å². The van der Waals surface area contributed by atoms with E-state index in [0.717, 1.165) is 12.8 Å². The Labute approximate surface area is 135 Å². The van der Waals surface area contributed by atoms with E-state index in [1.165, 1.54) is 16.3 Å². The van der Waals surface area contributed by atoms with Crippen LogP contribution in [-0.2, 0) is 10.0 Å². The molecule has 6 heteroatoms. The van der Waals surface area contributed by atoms with Gasteiger partial charge in [-0.25, -0.2) is 13.1 Å². The van der Waals surface area contributed by atoms with E-state index in [-0.39, 0.29) is 0 Å². The second kappa shape index (κ2) is 6.36. The molecule has 0 saturated heterocycles. The van der Waals surface area contributed by atoms with Gasteiger partial charge < -0.3 is 5.32 Å². The number of benzene rings is 1. The van der Waals surface area contributed by atoms with E-state index in [1.54, 1.807) is 0 Å². The molecular weight excluding hydrogens is 352 g/mol. The predicted molar refractivity (Wildman–Crippen MR) is 90.0 cm³/mol. The van der Waals surface area contributed by atoms with Gasteiger partial charge >= 0.3 is 0 Å². The van der Waals surface area contributed by atoms with Crippen LogP contribution in [0.5, 0.6) is 0 Å². The van der Waals surface area contributed by atoms with Gasteiger partial charge in [0.2, 0.25) is 10.0 Å². The van der Waals surface area contributed by atoms with Crippen molar-refractivity contribution in [3.63, 3.8) is 0 Å². The van der Waals surface area contributed by atoms with Crippen LogP contribution >= 0.6 is 15.9 Å². The highest BCUT2D eigenvalue weighted by Crippen LogP contribution is 2.40. The Kier molecular flexibility index (Phi) is 5.13. The molecule has 1 aliphatic rings. The lowest BCUT2D eigenvalue weighted by Gasteiger charge is -2.39. The molecule has 2 rings (SSSR count). The van der Waals surface area contributed by atoms with Gasteiger partial charge in [-0.2, -0.15) is 0 Å². The van der Waals surface area contributed by atoms with Crippen molar-refractivity contribution in [2.45, 2.75) is 44.2 Å². The first kappa shape index (κ1) is 16.9. The van der Waals surface area contributed by atoms with Gasteiger partial charge in [-0.1, -0.05) is 34.1 Å². The van der Waals surface area contributed by atoms with E-state index < -0.39 is 15.6 Å². The first-order chi connectivity index (χ1) is 9.66. The first-order valence-corrected chi connectivity index (χ1v) is 9.81. The fourth-order valence-electron chi connectivity index (χ4n) is 2.78. The second-order valence-corrected chi connectivity index (χ2v) is 9.13. The first-order valence-electron chi connectivity index (χ1n) is 7.13. The number of hydrogen-bond acceptors (Lipinski definition) is 3. The molecular formula is C15H23BrN2O2S. The largest absolute Gasteiger partial charge is 0.312 e. The second-order valence-electron chi connectivity index (χ2n) is 6.53. The molecule has 0 bridgehead atoms. The summed E-state index contributed by atoms with van der Waals surface area (Å²) in [5, 5.41) is 3.46. The third-order valence-electron chi connectivity index (χ3n) is 3.78. The van der Waals surface area contributed by atoms with Crippen molar-refractivity contribution in [1.82, 2.24) is 10.0 Å². The van der Waals surface area contributed by atoms with Crippen molar-refractivity contribution >= 4 is 26.0 Å². The maximum atomic E-state index is 11.3. The van der Waals surface area contributed by atoms with E-state index in [1.807, 2.05) is 19.9 Å². The molecule has 0 amide bonds. The average molecular weight is 375 g/mol. The minimum atomic E-state index is -3.17. The van der Waals surface area contributed by atoms with Crippen molar-refractivity contribution in [2.75, 3.05) is 12.8 Å². The number of sulfonamides is 1. The van der Waals surface area contributed by atoms with Gasteiger partial charge in [0.15, 0.2) is 0 Å². The molecule has 4 nitrogen and oxygen atoms in total. The van der Waals surface area contributed by atoms with Crippen molar-refractivity contribution < 1.29 is 8.42 Å². The number of rotatable bonds is 6. The topological polar surface area (TPSA) is 58.2 Å². The normalized spacial score (nSPS) is 22.9. The lowest BCUT2D eigenvalue weighted by molar-refractivity contribution is 0.267. The Hall–Kier alpha value is -0.430. The molecule has 21 heavy (non-hydrogen) atoms. The number of nitrogens with one attached hydrogen (secondary N) is 2. The maximum Gasteiger partial charge on any atom is 0.209 e. The summed E-state index contributed by atoms with van der Waals surface area (Å²) in [7, 11) is -3.17. The van der Waals surface area contributed by atoms with Crippen LogP contribution in [0.3, 0.4) is 0 Å². The molecule has 0 spiro atoms. The van der Waals surface area contributed by atoms with Gasteiger partial charge in [0.05, 0.1) is 6.26 Å². The third kappa shape index (κ3) is 5.06. The molecule has 0 aromatic heterocycles. The Morgan fingerprint density at radius 2 is 1.90 bits per heavy atom. The van der Waals surface area contributed by atoms with Gasteiger partial charge in [-0.3, -0.25) is 0 Å². The number of halogens is 1. The van der Waals surface area contributed by atoms with Crippen molar-refractivity contribution in [1.29, 1.82) is 0 Å². The molecule has 1 aliphatic carbocycles. The summed E-state index contributed by atoms with van der Waals surface area (Å²) in [5.41, 5.74) is 0.899. The van der Waals surface area contributed by atoms with Crippen LogP contribution in [0.2, 0.25) is 0 Å². The van der Waals surface area contributed by atoms with Crippen LogP contribution < -0.4 is 10.0 Å².